The number of benzene rings is 1. The van der Waals surface area contributed by atoms with E-state index in [9.17, 15) is 78.0 Å². The van der Waals surface area contributed by atoms with E-state index in [1.54, 1.807) is 44.2 Å². The molecule has 9 amide bonds. The first-order valence-electron chi connectivity index (χ1n) is 24.9. The maximum Gasteiger partial charge on any atom is 0.326 e. The zero-order chi connectivity index (χ0) is 57.2. The summed E-state index contributed by atoms with van der Waals surface area (Å²) in [7, 11) is 0. The second-order valence-corrected chi connectivity index (χ2v) is 19.4. The van der Waals surface area contributed by atoms with Gasteiger partial charge in [0.05, 0.1) is 25.6 Å². The molecule has 1 aliphatic rings. The summed E-state index contributed by atoms with van der Waals surface area (Å²) >= 11 is 3.92. The maximum absolute atomic E-state index is 14.1. The first kappa shape index (κ1) is 65.2. The topological polar surface area (TPSA) is 437 Å². The highest BCUT2D eigenvalue weighted by Gasteiger charge is 2.41. The van der Waals surface area contributed by atoms with Crippen molar-refractivity contribution in [2.75, 3.05) is 32.0 Å². The van der Waals surface area contributed by atoms with Gasteiger partial charge >= 0.3 is 17.9 Å². The van der Waals surface area contributed by atoms with Crippen LogP contribution in [0.1, 0.15) is 91.0 Å². The monoisotopic (exact) mass is 1090 g/mol. The van der Waals surface area contributed by atoms with E-state index in [2.05, 4.69) is 55.2 Å². The van der Waals surface area contributed by atoms with Gasteiger partial charge in [-0.2, -0.15) is 12.6 Å². The third-order valence-electron chi connectivity index (χ3n) is 12.0. The summed E-state index contributed by atoms with van der Waals surface area (Å²) in [5.41, 5.74) is 12.0. The molecule has 1 heterocycles. The number of unbranched alkanes of at least 4 members (excludes halogenated alkanes) is 1. The molecule has 0 unspecified atom stereocenters. The fraction of sp³-hybridized carbons (Fsp3) is 0.625. The summed E-state index contributed by atoms with van der Waals surface area (Å²) in [5.74, 6) is -13.4. The number of carbonyl (C=O) groups is 12. The van der Waals surface area contributed by atoms with Crippen molar-refractivity contribution in [1.82, 2.24) is 47.4 Å². The maximum atomic E-state index is 14.1. The number of hydrogen-bond donors (Lipinski definition) is 15. The van der Waals surface area contributed by atoms with Crippen molar-refractivity contribution in [2.24, 2.45) is 23.3 Å². The summed E-state index contributed by atoms with van der Waals surface area (Å²) in [6.45, 7) is 5.18. The number of nitrogens with one attached hydrogen (secondary N) is 8. The predicted molar refractivity (Wildman–Crippen MR) is 274 cm³/mol. The highest BCUT2D eigenvalue weighted by molar-refractivity contribution is 7.80. The van der Waals surface area contributed by atoms with Gasteiger partial charge in [0, 0.05) is 25.1 Å². The van der Waals surface area contributed by atoms with E-state index < -0.39 is 164 Å². The van der Waals surface area contributed by atoms with Gasteiger partial charge in [-0.05, 0) is 68.9 Å². The van der Waals surface area contributed by atoms with Crippen LogP contribution in [-0.2, 0) is 64.0 Å². The lowest BCUT2D eigenvalue weighted by Gasteiger charge is -2.32. The van der Waals surface area contributed by atoms with Crippen LogP contribution in [0.25, 0.3) is 0 Å². The van der Waals surface area contributed by atoms with Crippen molar-refractivity contribution >= 4 is 83.7 Å². The largest absolute Gasteiger partial charge is 0.481 e. The number of thiol groups is 1. The molecular formula is C48H75N11O16S. The van der Waals surface area contributed by atoms with Gasteiger partial charge in [0.25, 0.3) is 0 Å². The summed E-state index contributed by atoms with van der Waals surface area (Å²) in [5, 5.41) is 58.0. The zero-order valence-electron chi connectivity index (χ0n) is 43.1. The highest BCUT2D eigenvalue weighted by Crippen LogP contribution is 2.21. The Morgan fingerprint density at radius 1 is 0.684 bits per heavy atom. The van der Waals surface area contributed by atoms with E-state index in [-0.39, 0.29) is 56.9 Å². The SMILES string of the molecule is CC(C)C[C@H](NC(=O)[C@H](CCCCN)NC(=O)CNC(=O)[C@H](CO)NC(=O)[C@@H]1CCCN1C(=O)[C@@H](NC(=O)[C@H](CC(=O)O)NC(=O)[C@H](CCC(=O)O)NC(=O)[C@@H](N)CS)C(C)C)C(=O)N[C@@H](Cc1ccccc1)C(=O)O. The quantitative estimate of drug-likeness (QED) is 0.0233. The number of likely N-dealkylation sites (tertiary alicyclic amines) is 1. The molecule has 424 valence electrons. The Hall–Kier alpha value is -6.91. The van der Waals surface area contributed by atoms with Crippen LogP contribution in [0.15, 0.2) is 30.3 Å². The summed E-state index contributed by atoms with van der Waals surface area (Å²) in [4.78, 5) is 157. The van der Waals surface area contributed by atoms with Crippen LogP contribution < -0.4 is 54.0 Å². The first-order chi connectivity index (χ1) is 35.8. The molecule has 0 spiro atoms. The van der Waals surface area contributed by atoms with E-state index in [1.807, 2.05) is 0 Å². The molecule has 0 radical (unpaired) electrons. The molecule has 1 aliphatic heterocycles. The molecule has 76 heavy (non-hydrogen) atoms. The molecule has 1 aromatic carbocycles. The number of carboxylic acids is 3. The van der Waals surface area contributed by atoms with Crippen molar-refractivity contribution in [1.29, 1.82) is 0 Å². The minimum Gasteiger partial charge on any atom is -0.481 e. The van der Waals surface area contributed by atoms with Crippen LogP contribution in [-0.4, -0.2) is 183 Å². The number of carbonyl (C=O) groups excluding carboxylic acids is 9. The zero-order valence-corrected chi connectivity index (χ0v) is 44.0. The third-order valence-corrected chi connectivity index (χ3v) is 12.4. The van der Waals surface area contributed by atoms with Crippen molar-refractivity contribution < 1.29 is 78.0 Å². The number of nitrogens with two attached hydrogens (primary N) is 2. The molecule has 27 nitrogen and oxygen atoms in total. The Morgan fingerprint density at radius 3 is 1.82 bits per heavy atom. The smallest absolute Gasteiger partial charge is 0.326 e. The van der Waals surface area contributed by atoms with Crippen molar-refractivity contribution in [3.63, 3.8) is 0 Å². The van der Waals surface area contributed by atoms with Crippen LogP contribution in [0.2, 0.25) is 0 Å². The van der Waals surface area contributed by atoms with Crippen molar-refractivity contribution in [3.8, 4) is 0 Å². The van der Waals surface area contributed by atoms with E-state index in [4.69, 9.17) is 11.5 Å². The Labute approximate surface area is 445 Å². The number of aliphatic hydroxyl groups excluding tert-OH is 1. The van der Waals surface area contributed by atoms with Crippen molar-refractivity contribution in [3.05, 3.63) is 35.9 Å². The van der Waals surface area contributed by atoms with E-state index in [0.29, 0.717) is 18.4 Å². The van der Waals surface area contributed by atoms with Crippen LogP contribution >= 0.6 is 12.6 Å². The van der Waals surface area contributed by atoms with E-state index in [0.717, 1.165) is 4.90 Å². The number of rotatable bonds is 34. The lowest BCUT2D eigenvalue weighted by Crippen LogP contribution is -2.61. The molecule has 28 heteroatoms. The Morgan fingerprint density at radius 2 is 1.26 bits per heavy atom. The molecule has 9 atom stereocenters. The van der Waals surface area contributed by atoms with Gasteiger partial charge in [0.1, 0.15) is 48.3 Å². The van der Waals surface area contributed by atoms with Crippen LogP contribution in [0.5, 0.6) is 0 Å². The molecule has 1 fully saturated rings. The summed E-state index contributed by atoms with van der Waals surface area (Å²) < 4.78 is 0. The highest BCUT2D eigenvalue weighted by atomic mass is 32.1. The average Bonchev–Trinajstić information content (AvgIpc) is 3.86. The lowest BCUT2D eigenvalue weighted by atomic mass is 10.0. The Kier molecular flexibility index (Phi) is 28.5. The van der Waals surface area contributed by atoms with E-state index >= 15 is 0 Å². The molecule has 0 saturated carbocycles. The van der Waals surface area contributed by atoms with Gasteiger partial charge in [-0.3, -0.25) is 52.7 Å². The van der Waals surface area contributed by atoms with Crippen molar-refractivity contribution in [2.45, 2.75) is 146 Å². The van der Waals surface area contributed by atoms with Crippen LogP contribution in [0, 0.1) is 11.8 Å². The molecule has 2 rings (SSSR count). The standard InChI is InChI=1S/C48H75N11O16S/c1-25(2)19-31(44(70)56-33(48(74)75)20-27-11-6-5-7-12-27)54-42(68)29(13-8-9-17-49)52-36(61)22-51-41(67)34(23-60)57-46(72)35-14-10-18-59(35)47(73)39(26(3)4)58-45(71)32(21-38(64)65)55-43(69)30(15-16-37(62)63)53-40(66)28(50)24-76/h5-7,11-12,25-26,28-35,39,60,76H,8-10,13-24,49-50H2,1-4H3,(H,51,67)(H,52,61)(H,53,66)(H,54,68)(H,55,69)(H,56,70)(H,57,72)(H,58,71)(H,62,63)(H,64,65)(H,74,75)/t28-,29-,30-,31-,32-,33-,34-,35-,39-/m0/s1. The molecule has 0 bridgehead atoms. The fourth-order valence-corrected chi connectivity index (χ4v) is 8.03. The average molecular weight is 1090 g/mol. The summed E-state index contributed by atoms with van der Waals surface area (Å²) in [6, 6.07) is -4.10. The van der Waals surface area contributed by atoms with Gasteiger partial charge in [0.2, 0.25) is 53.2 Å². The minimum absolute atomic E-state index is 0.0130. The molecule has 0 aromatic heterocycles. The lowest BCUT2D eigenvalue weighted by molar-refractivity contribution is -0.144. The number of carboxylic acid groups (broad SMARTS) is 3. The molecule has 0 aliphatic carbocycles. The Bertz CT molecular complexity index is 2190. The number of hydrogen-bond acceptors (Lipinski definition) is 16. The van der Waals surface area contributed by atoms with Crippen LogP contribution in [0.4, 0.5) is 0 Å². The third kappa shape index (κ3) is 22.5. The predicted octanol–water partition coefficient (Wildman–Crippen LogP) is -3.77. The van der Waals surface area contributed by atoms with Gasteiger partial charge in [0.15, 0.2) is 0 Å². The van der Waals surface area contributed by atoms with Crippen LogP contribution in [0.3, 0.4) is 0 Å². The number of amides is 9. The number of aliphatic hydroxyl groups is 1. The normalized spacial score (nSPS) is 16.3. The first-order valence-corrected chi connectivity index (χ1v) is 25.5. The van der Waals surface area contributed by atoms with Gasteiger partial charge < -0.3 is 79.3 Å². The van der Waals surface area contributed by atoms with Gasteiger partial charge in [-0.1, -0.05) is 58.0 Å². The fourth-order valence-electron chi connectivity index (χ4n) is 7.86. The Balaban J connectivity index is 2.17. The van der Waals surface area contributed by atoms with Gasteiger partial charge in [-0.25, -0.2) is 4.79 Å². The number of nitrogens with zero attached hydrogens (tertiary/aromatic N) is 1. The van der Waals surface area contributed by atoms with Gasteiger partial charge in [-0.15, -0.1) is 0 Å². The second kappa shape index (κ2) is 33.2. The molecule has 16 N–H and O–H groups in total. The molecule has 1 aromatic rings. The van der Waals surface area contributed by atoms with E-state index in [1.165, 1.54) is 13.8 Å². The summed E-state index contributed by atoms with van der Waals surface area (Å²) in [6.07, 6.45) is -0.782. The number of aliphatic carboxylic acids is 3. The second-order valence-electron chi connectivity index (χ2n) is 19.0. The molecular weight excluding hydrogens is 1020 g/mol. The molecule has 1 saturated heterocycles. The minimum atomic E-state index is -1.85.